The van der Waals surface area contributed by atoms with Gasteiger partial charge < -0.3 is 10.4 Å². The number of nitrogens with one attached hydrogen (secondary N) is 1. The van der Waals surface area contributed by atoms with Gasteiger partial charge in [-0.05, 0) is 31.4 Å². The summed E-state index contributed by atoms with van der Waals surface area (Å²) in [5.74, 6) is -2.23. The lowest BCUT2D eigenvalue weighted by atomic mass is 9.93. The monoisotopic (exact) mass is 271 g/mol. The fourth-order valence-electron chi connectivity index (χ4n) is 1.83. The second-order valence-corrected chi connectivity index (χ2v) is 4.68. The third-order valence-electron chi connectivity index (χ3n) is 3.53. The Hall–Kier alpha value is -1.49. The van der Waals surface area contributed by atoms with Crippen molar-refractivity contribution in [1.82, 2.24) is 5.32 Å². The molecule has 0 aliphatic heterocycles. The molecule has 0 aromatic heterocycles. The van der Waals surface area contributed by atoms with Crippen LogP contribution in [0.3, 0.4) is 0 Å². The summed E-state index contributed by atoms with van der Waals surface area (Å²) >= 11 is 0. The molecule has 0 radical (unpaired) electrons. The normalized spacial score (nSPS) is 11.5. The highest BCUT2D eigenvalue weighted by Crippen LogP contribution is 2.18. The first-order chi connectivity index (χ1) is 8.89. The molecule has 106 valence electrons. The molecule has 1 amide bonds. The van der Waals surface area contributed by atoms with Gasteiger partial charge in [-0.25, -0.2) is 8.78 Å². The number of carbonyl (C=O) groups excluding carboxylic acids is 1. The highest BCUT2D eigenvalue weighted by Gasteiger charge is 2.28. The number of aliphatic hydroxyl groups excluding tert-OH is 1. The smallest absolute Gasteiger partial charge is 0.254 e. The van der Waals surface area contributed by atoms with Gasteiger partial charge in [-0.2, -0.15) is 0 Å². The number of hydrogen-bond acceptors (Lipinski definition) is 2. The average molecular weight is 271 g/mol. The molecule has 19 heavy (non-hydrogen) atoms. The Morgan fingerprint density at radius 1 is 1.26 bits per heavy atom. The number of hydrogen-bond donors (Lipinski definition) is 2. The van der Waals surface area contributed by atoms with Gasteiger partial charge in [0.15, 0.2) is 0 Å². The number of carbonyl (C=O) groups is 1. The van der Waals surface area contributed by atoms with E-state index in [0.717, 1.165) is 0 Å². The molecular weight excluding hydrogens is 252 g/mol. The number of halogens is 2. The van der Waals surface area contributed by atoms with Gasteiger partial charge in [0.25, 0.3) is 5.91 Å². The second kappa shape index (κ2) is 6.10. The number of amides is 1. The van der Waals surface area contributed by atoms with E-state index < -0.39 is 23.1 Å². The van der Waals surface area contributed by atoms with Crippen molar-refractivity contribution in [3.05, 3.63) is 34.9 Å². The van der Waals surface area contributed by atoms with Gasteiger partial charge in [0.05, 0.1) is 17.7 Å². The van der Waals surface area contributed by atoms with E-state index in [1.165, 1.54) is 13.0 Å². The Kier molecular flexibility index (Phi) is 5.00. The van der Waals surface area contributed by atoms with Crippen LogP contribution in [-0.4, -0.2) is 23.2 Å². The molecule has 1 aromatic rings. The van der Waals surface area contributed by atoms with Crippen LogP contribution in [0.15, 0.2) is 12.1 Å². The van der Waals surface area contributed by atoms with E-state index in [9.17, 15) is 18.7 Å². The van der Waals surface area contributed by atoms with Crippen LogP contribution in [0.1, 0.15) is 42.6 Å². The van der Waals surface area contributed by atoms with Crippen LogP contribution in [0.5, 0.6) is 0 Å². The topological polar surface area (TPSA) is 49.3 Å². The zero-order valence-corrected chi connectivity index (χ0v) is 11.4. The van der Waals surface area contributed by atoms with Gasteiger partial charge in [-0.1, -0.05) is 13.8 Å². The predicted octanol–water partition coefficient (Wildman–Crippen LogP) is 2.55. The zero-order valence-electron chi connectivity index (χ0n) is 11.4. The summed E-state index contributed by atoms with van der Waals surface area (Å²) in [5, 5.41) is 12.0. The largest absolute Gasteiger partial charge is 0.394 e. The number of aryl methyl sites for hydroxylation is 1. The van der Waals surface area contributed by atoms with E-state index in [4.69, 9.17) is 0 Å². The first kappa shape index (κ1) is 15.6. The van der Waals surface area contributed by atoms with E-state index in [1.807, 2.05) is 13.8 Å². The molecule has 0 spiro atoms. The Morgan fingerprint density at radius 3 is 2.32 bits per heavy atom. The van der Waals surface area contributed by atoms with Crippen molar-refractivity contribution >= 4 is 5.91 Å². The van der Waals surface area contributed by atoms with Crippen LogP contribution in [0.2, 0.25) is 0 Å². The lowest BCUT2D eigenvalue weighted by Gasteiger charge is -2.30. The minimum atomic E-state index is -0.903. The van der Waals surface area contributed by atoms with Gasteiger partial charge >= 0.3 is 0 Å². The second-order valence-electron chi connectivity index (χ2n) is 4.68. The van der Waals surface area contributed by atoms with E-state index in [2.05, 4.69) is 5.32 Å². The molecule has 0 aliphatic rings. The van der Waals surface area contributed by atoms with Crippen LogP contribution in [-0.2, 0) is 0 Å². The SMILES string of the molecule is CCC(CC)(CO)NC(=O)c1cc(C)c(F)cc1F. The summed E-state index contributed by atoms with van der Waals surface area (Å²) in [6.45, 7) is 4.89. The molecule has 0 aliphatic carbocycles. The molecule has 0 atom stereocenters. The molecule has 1 rings (SSSR count). The standard InChI is InChI=1S/C14H19F2NO2/c1-4-14(5-2,8-18)17-13(19)10-6-9(3)11(15)7-12(10)16/h6-7,18H,4-5,8H2,1-3H3,(H,17,19). The lowest BCUT2D eigenvalue weighted by molar-refractivity contribution is 0.0813. The Balaban J connectivity index is 3.04. The van der Waals surface area contributed by atoms with Crippen molar-refractivity contribution in [2.75, 3.05) is 6.61 Å². The average Bonchev–Trinajstić information content (AvgIpc) is 2.40. The molecule has 0 bridgehead atoms. The van der Waals surface area contributed by atoms with Crippen LogP contribution in [0.25, 0.3) is 0 Å². The Morgan fingerprint density at radius 2 is 1.84 bits per heavy atom. The maximum atomic E-state index is 13.6. The van der Waals surface area contributed by atoms with Gasteiger partial charge in [0, 0.05) is 6.07 Å². The molecule has 0 unspecified atom stereocenters. The van der Waals surface area contributed by atoms with Gasteiger partial charge in [0.2, 0.25) is 0 Å². The maximum Gasteiger partial charge on any atom is 0.254 e. The highest BCUT2D eigenvalue weighted by atomic mass is 19.1. The summed E-state index contributed by atoms with van der Waals surface area (Å²) in [4.78, 5) is 12.0. The quantitative estimate of drug-likeness (QED) is 0.864. The first-order valence-corrected chi connectivity index (χ1v) is 6.28. The zero-order chi connectivity index (χ0) is 14.6. The van der Waals surface area contributed by atoms with Crippen LogP contribution < -0.4 is 5.32 Å². The first-order valence-electron chi connectivity index (χ1n) is 6.28. The minimum Gasteiger partial charge on any atom is -0.394 e. The van der Waals surface area contributed by atoms with Crippen molar-refractivity contribution in [2.45, 2.75) is 39.2 Å². The van der Waals surface area contributed by atoms with Gasteiger partial charge in [-0.15, -0.1) is 0 Å². The highest BCUT2D eigenvalue weighted by molar-refractivity contribution is 5.95. The molecule has 5 heteroatoms. The molecule has 0 saturated heterocycles. The van der Waals surface area contributed by atoms with Crippen LogP contribution in [0, 0.1) is 18.6 Å². The van der Waals surface area contributed by atoms with Crippen LogP contribution in [0.4, 0.5) is 8.78 Å². The summed E-state index contributed by atoms with van der Waals surface area (Å²) < 4.78 is 26.8. The van der Waals surface area contributed by atoms with Crippen LogP contribution >= 0.6 is 0 Å². The van der Waals surface area contributed by atoms with Crippen molar-refractivity contribution in [3.63, 3.8) is 0 Å². The molecule has 0 heterocycles. The van der Waals surface area contributed by atoms with E-state index in [1.54, 1.807) is 0 Å². The third-order valence-corrected chi connectivity index (χ3v) is 3.53. The van der Waals surface area contributed by atoms with Crippen molar-refractivity contribution in [2.24, 2.45) is 0 Å². The minimum absolute atomic E-state index is 0.203. The lowest BCUT2D eigenvalue weighted by Crippen LogP contribution is -2.50. The Bertz CT molecular complexity index is 462. The molecule has 2 N–H and O–H groups in total. The number of benzene rings is 1. The number of aliphatic hydroxyl groups is 1. The molecule has 0 fully saturated rings. The summed E-state index contributed by atoms with van der Waals surface area (Å²) in [6, 6.07) is 1.87. The molecule has 0 saturated carbocycles. The number of rotatable bonds is 5. The fraction of sp³-hybridized carbons (Fsp3) is 0.500. The fourth-order valence-corrected chi connectivity index (χ4v) is 1.83. The predicted molar refractivity (Wildman–Crippen MR) is 69.0 cm³/mol. The van der Waals surface area contributed by atoms with Crippen molar-refractivity contribution < 1.29 is 18.7 Å². The molecule has 3 nitrogen and oxygen atoms in total. The van der Waals surface area contributed by atoms with Crippen molar-refractivity contribution in [3.8, 4) is 0 Å². The third kappa shape index (κ3) is 3.29. The van der Waals surface area contributed by atoms with E-state index >= 15 is 0 Å². The van der Waals surface area contributed by atoms with E-state index in [-0.39, 0.29) is 17.7 Å². The summed E-state index contributed by atoms with van der Waals surface area (Å²) in [7, 11) is 0. The Labute approximate surface area is 111 Å². The maximum absolute atomic E-state index is 13.6. The van der Waals surface area contributed by atoms with Gasteiger partial charge in [0.1, 0.15) is 11.6 Å². The summed E-state index contributed by atoms with van der Waals surface area (Å²) in [5.41, 5.74) is -0.779. The van der Waals surface area contributed by atoms with E-state index in [0.29, 0.717) is 18.9 Å². The molecular formula is C14H19F2NO2. The summed E-state index contributed by atoms with van der Waals surface area (Å²) in [6.07, 6.45) is 1.04. The van der Waals surface area contributed by atoms with Crippen molar-refractivity contribution in [1.29, 1.82) is 0 Å². The van der Waals surface area contributed by atoms with Gasteiger partial charge in [-0.3, -0.25) is 4.79 Å². The molecule has 1 aromatic carbocycles.